The van der Waals surface area contributed by atoms with E-state index in [1.54, 1.807) is 0 Å². The highest BCUT2D eigenvalue weighted by molar-refractivity contribution is 7.66. The van der Waals surface area contributed by atoms with E-state index < -0.39 is 22.8 Å². The molecule has 0 aromatic carbocycles. The van der Waals surface area contributed by atoms with Crippen LogP contribution >= 0.6 is 0 Å². The van der Waals surface area contributed by atoms with Crippen molar-refractivity contribution in [2.75, 3.05) is 0 Å². The minimum atomic E-state index is -3.12. The molecular weight excluding hydrogens is 190 g/mol. The van der Waals surface area contributed by atoms with Gasteiger partial charge in [0, 0.05) is 12.8 Å². The summed E-state index contributed by atoms with van der Waals surface area (Å²) < 4.78 is 24.2. The van der Waals surface area contributed by atoms with E-state index in [2.05, 4.69) is 0 Å². The third kappa shape index (κ3) is 4.01. The zero-order valence-electron chi connectivity index (χ0n) is 5.84. The lowest BCUT2D eigenvalue weighted by molar-refractivity contribution is -0.171. The van der Waals surface area contributed by atoms with Gasteiger partial charge in [-0.25, -0.2) is 8.42 Å². The highest BCUT2D eigenvalue weighted by Gasteiger charge is 2.26. The Morgan fingerprint density at radius 2 is 1.42 bits per heavy atom. The molecule has 0 aromatic heterocycles. The summed E-state index contributed by atoms with van der Waals surface area (Å²) in [5.74, 6) is -1.01. The summed E-state index contributed by atoms with van der Waals surface area (Å²) >= 11 is 0. The second kappa shape index (κ2) is 4.80. The highest BCUT2D eigenvalue weighted by atomic mass is 32.2. The maximum Gasteiger partial charge on any atom is 0.254 e. The number of hydrogen-bond donors (Lipinski definition) is 3. The monoisotopic (exact) mass is 197 g/mol. The van der Waals surface area contributed by atoms with Gasteiger partial charge in [0.15, 0.2) is 0 Å². The van der Waals surface area contributed by atoms with Gasteiger partial charge >= 0.3 is 0 Å². The average molecular weight is 197 g/mol. The quantitative estimate of drug-likeness (QED) is 0.190. The topological polar surface area (TPSA) is 112 Å². The predicted octanol–water partition coefficient (Wildman–Crippen LogP) is -1.40. The number of carbonyl (C=O) groups is 2. The molecule has 0 spiro atoms. The van der Waals surface area contributed by atoms with Crippen molar-refractivity contribution in [1.29, 1.82) is 0 Å². The smallest absolute Gasteiger partial charge is 0.254 e. The fraction of sp³-hybridized carbons (Fsp3) is 0.500. The Morgan fingerprint density at radius 1 is 1.17 bits per heavy atom. The largest absolute Gasteiger partial charge is 0.288 e. The third-order valence-corrected chi connectivity index (χ3v) is 1.03. The minimum Gasteiger partial charge on any atom is -0.288 e. The van der Waals surface area contributed by atoms with Crippen LogP contribution in [0.1, 0.15) is 12.8 Å². The Labute approximate surface area is 69.3 Å². The predicted molar refractivity (Wildman–Crippen MR) is 35.8 cm³/mol. The average Bonchev–Trinajstić information content (AvgIpc) is 2.19. The third-order valence-electron chi connectivity index (χ3n) is 1.03. The maximum atomic E-state index is 10.2. The zero-order chi connectivity index (χ0) is 9.72. The summed E-state index contributed by atoms with van der Waals surface area (Å²) in [6, 6.07) is 0. The first-order chi connectivity index (χ1) is 5.45. The molecule has 0 radical (unpaired) electrons. The summed E-state index contributed by atoms with van der Waals surface area (Å²) in [5, 5.41) is 8.57. The van der Waals surface area contributed by atoms with Crippen molar-refractivity contribution < 1.29 is 27.8 Å². The van der Waals surface area contributed by atoms with Crippen molar-refractivity contribution in [1.82, 2.24) is 5.06 Å². The van der Waals surface area contributed by atoms with E-state index in [1.165, 1.54) is 0 Å². The second-order valence-electron chi connectivity index (χ2n) is 1.84. The van der Waals surface area contributed by atoms with Crippen molar-refractivity contribution in [3.05, 3.63) is 0 Å². The van der Waals surface area contributed by atoms with E-state index in [1.807, 2.05) is 0 Å². The lowest BCUT2D eigenvalue weighted by atomic mass is 10.4. The van der Waals surface area contributed by atoms with Crippen LogP contribution in [0.4, 0.5) is 0 Å². The molecule has 0 bridgehead atoms. The summed E-state index contributed by atoms with van der Waals surface area (Å²) in [4.78, 5) is 20.5. The first kappa shape index (κ1) is 11.0. The van der Waals surface area contributed by atoms with E-state index in [0.717, 1.165) is 0 Å². The number of nitrogens with zero attached hydrogens (tertiary/aromatic N) is 1. The molecule has 0 unspecified atom stereocenters. The number of carbonyl (C=O) groups excluding carboxylic acids is 2. The molecule has 7 nitrogen and oxygen atoms in total. The Hall–Kier alpha value is -0.990. The van der Waals surface area contributed by atoms with Crippen LogP contribution in [0.3, 0.4) is 0 Å². The lowest BCUT2D eigenvalue weighted by Crippen LogP contribution is -2.24. The van der Waals surface area contributed by atoms with Gasteiger partial charge in [-0.15, -0.1) is 0 Å². The molecule has 0 atom stereocenters. The van der Waals surface area contributed by atoms with Crippen LogP contribution in [-0.4, -0.2) is 35.1 Å². The molecule has 0 saturated carbocycles. The van der Waals surface area contributed by atoms with Gasteiger partial charge < -0.3 is 0 Å². The summed E-state index contributed by atoms with van der Waals surface area (Å²) in [6.07, 6.45) is 0.296. The number of imide groups is 1. The number of amides is 2. The van der Waals surface area contributed by atoms with Gasteiger partial charge in [0.25, 0.3) is 22.8 Å². The number of rotatable bonds is 0. The van der Waals surface area contributed by atoms with Crippen LogP contribution in [-0.2, 0) is 20.6 Å². The van der Waals surface area contributed by atoms with Gasteiger partial charge in [-0.05, 0) is 0 Å². The lowest BCUT2D eigenvalue weighted by Gasteiger charge is -1.98. The van der Waals surface area contributed by atoms with Crippen LogP contribution in [0.5, 0.6) is 0 Å². The Balaban J connectivity index is 0.000000261. The van der Waals surface area contributed by atoms with Crippen LogP contribution in [0, 0.1) is 0 Å². The van der Waals surface area contributed by atoms with E-state index in [4.69, 9.17) is 18.2 Å². The molecule has 1 aliphatic rings. The molecule has 1 rings (SSSR count). The molecule has 12 heavy (non-hydrogen) atoms. The van der Waals surface area contributed by atoms with Crippen molar-refractivity contribution in [3.8, 4) is 0 Å². The van der Waals surface area contributed by atoms with E-state index >= 15 is 0 Å². The van der Waals surface area contributed by atoms with Gasteiger partial charge in [-0.3, -0.25) is 19.3 Å². The molecule has 70 valence electrons. The molecule has 0 aliphatic carbocycles. The van der Waals surface area contributed by atoms with Crippen molar-refractivity contribution in [3.63, 3.8) is 0 Å². The van der Waals surface area contributed by atoms with E-state index in [0.29, 0.717) is 0 Å². The highest BCUT2D eigenvalue weighted by Crippen LogP contribution is 2.06. The summed E-state index contributed by atoms with van der Waals surface area (Å²) in [5.41, 5.74) is 0. The molecule has 8 heteroatoms. The fourth-order valence-corrected chi connectivity index (χ4v) is 0.565. The molecule has 1 fully saturated rings. The molecule has 2 amide bonds. The van der Waals surface area contributed by atoms with Gasteiger partial charge in [0.2, 0.25) is 0 Å². The molecule has 1 saturated heterocycles. The number of hydrogen-bond acceptors (Lipinski definition) is 5. The Morgan fingerprint density at radius 3 is 1.50 bits per heavy atom. The van der Waals surface area contributed by atoms with E-state index in [9.17, 15) is 9.59 Å². The molecule has 1 heterocycles. The van der Waals surface area contributed by atoms with Gasteiger partial charge in [0.05, 0.1) is 0 Å². The minimum absolute atomic E-state index is 0.148. The van der Waals surface area contributed by atoms with Crippen molar-refractivity contribution in [2.45, 2.75) is 12.8 Å². The normalized spacial score (nSPS) is 16.4. The molecule has 2 N–H and O–H groups in total. The van der Waals surface area contributed by atoms with Gasteiger partial charge in [-0.1, -0.05) is 0 Å². The summed E-state index contributed by atoms with van der Waals surface area (Å²) in [7, 11) is -3.12. The van der Waals surface area contributed by atoms with Crippen molar-refractivity contribution >= 4 is 22.8 Å². The fourth-order valence-electron chi connectivity index (χ4n) is 0.565. The van der Waals surface area contributed by atoms with Crippen LogP contribution in [0.2, 0.25) is 0 Å². The standard InChI is InChI=1S/C4H5NO3.H2O3S/c6-3-1-2-4(7)5(3)8;1-4(2)3/h8H,1-2H2;4H,(H,1,2,3). The molecular formula is C4H7NO6S. The first-order valence-electron chi connectivity index (χ1n) is 2.83. The number of thiol groups is 1. The maximum absolute atomic E-state index is 10.2. The Bertz CT molecular complexity index is 234. The van der Waals surface area contributed by atoms with Crippen LogP contribution in [0.25, 0.3) is 0 Å². The molecule has 1 aliphatic heterocycles. The summed E-state index contributed by atoms with van der Waals surface area (Å²) in [6.45, 7) is 0. The first-order valence-corrected chi connectivity index (χ1v) is 3.96. The van der Waals surface area contributed by atoms with Gasteiger partial charge in [0.1, 0.15) is 0 Å². The SMILES string of the molecule is O=C1CCC(=O)N1O.O=[SH](=O)O. The number of hydroxylamine groups is 2. The zero-order valence-corrected chi connectivity index (χ0v) is 6.73. The van der Waals surface area contributed by atoms with Crippen LogP contribution in [0.15, 0.2) is 0 Å². The molecule has 0 aromatic rings. The Kier molecular flexibility index (Phi) is 4.40. The van der Waals surface area contributed by atoms with Gasteiger partial charge in [-0.2, -0.15) is 5.06 Å². The second-order valence-corrected chi connectivity index (χ2v) is 2.31. The van der Waals surface area contributed by atoms with E-state index in [-0.39, 0.29) is 17.9 Å². The van der Waals surface area contributed by atoms with Crippen LogP contribution < -0.4 is 0 Å². The van der Waals surface area contributed by atoms with Crippen molar-refractivity contribution in [2.24, 2.45) is 0 Å².